The van der Waals surface area contributed by atoms with E-state index in [4.69, 9.17) is 9.47 Å². The summed E-state index contributed by atoms with van der Waals surface area (Å²) in [5.74, 6) is -0.499. The number of rotatable bonds is 2. The van der Waals surface area contributed by atoms with Crippen LogP contribution in [0, 0.1) is 10.8 Å². The summed E-state index contributed by atoms with van der Waals surface area (Å²) >= 11 is 0. The number of carbonyl (C=O) groups is 2. The van der Waals surface area contributed by atoms with Crippen LogP contribution in [0.5, 0.6) is 0 Å². The Morgan fingerprint density at radius 3 is 1.44 bits per heavy atom. The van der Waals surface area contributed by atoms with E-state index >= 15 is 0 Å². The second kappa shape index (κ2) is 2.67. The predicted molar refractivity (Wildman–Crippen MR) is 54.4 cm³/mol. The summed E-state index contributed by atoms with van der Waals surface area (Å²) in [5.41, 5.74) is 1.30. The summed E-state index contributed by atoms with van der Waals surface area (Å²) in [5, 5.41) is 0. The molecule has 4 nitrogen and oxygen atoms in total. The van der Waals surface area contributed by atoms with E-state index in [1.165, 1.54) is 25.4 Å². The minimum absolute atomic E-state index is 0.250. The van der Waals surface area contributed by atoms with Gasteiger partial charge in [0, 0.05) is 0 Å². The van der Waals surface area contributed by atoms with Crippen LogP contribution >= 0.6 is 0 Å². The number of ether oxygens (including phenoxy) is 2. The first-order valence-corrected chi connectivity index (χ1v) is 5.46. The number of methoxy groups -OCH3 is 2. The van der Waals surface area contributed by atoms with Crippen molar-refractivity contribution < 1.29 is 19.1 Å². The van der Waals surface area contributed by atoms with Gasteiger partial charge < -0.3 is 9.47 Å². The summed E-state index contributed by atoms with van der Waals surface area (Å²) in [7, 11) is 2.78. The molecule has 0 atom stereocenters. The Hall–Kier alpha value is -1.32. The van der Waals surface area contributed by atoms with E-state index in [2.05, 4.69) is 0 Å². The van der Waals surface area contributed by atoms with Crippen molar-refractivity contribution in [3.8, 4) is 0 Å². The molecular weight excluding hydrogens is 208 g/mol. The van der Waals surface area contributed by atoms with Crippen LogP contribution in [0.1, 0.15) is 25.7 Å². The summed E-state index contributed by atoms with van der Waals surface area (Å²) in [6.45, 7) is 0. The lowest BCUT2D eigenvalue weighted by Crippen LogP contribution is -2.46. The number of hydrogen-bond acceptors (Lipinski definition) is 4. The molecule has 0 aliphatic heterocycles. The molecule has 0 aromatic heterocycles. The van der Waals surface area contributed by atoms with Gasteiger partial charge in [-0.1, -0.05) is 11.1 Å². The summed E-state index contributed by atoms with van der Waals surface area (Å²) in [6.07, 6.45) is 2.79. The van der Waals surface area contributed by atoms with Crippen LogP contribution in [-0.4, -0.2) is 26.2 Å². The second-order valence-electron chi connectivity index (χ2n) is 5.06. The highest BCUT2D eigenvalue weighted by Gasteiger charge is 2.74. The summed E-state index contributed by atoms with van der Waals surface area (Å²) in [4.78, 5) is 24.0. The molecule has 0 aromatic rings. The molecule has 0 spiro atoms. The normalized spacial score (nSPS) is 38.4. The molecule has 2 fully saturated rings. The van der Waals surface area contributed by atoms with E-state index < -0.39 is 10.8 Å². The zero-order valence-corrected chi connectivity index (χ0v) is 9.46. The van der Waals surface area contributed by atoms with Crippen LogP contribution in [0.3, 0.4) is 0 Å². The SMILES string of the molecule is COC(=O)C12CC3=C(C1)CC2(C(=O)OC)C3. The maximum atomic E-state index is 12.0. The maximum absolute atomic E-state index is 12.0. The van der Waals surface area contributed by atoms with Crippen LogP contribution in [0.15, 0.2) is 11.1 Å². The average Bonchev–Trinajstić information content (AvgIpc) is 2.97. The van der Waals surface area contributed by atoms with E-state index in [1.807, 2.05) is 0 Å². The van der Waals surface area contributed by atoms with Crippen molar-refractivity contribution in [1.29, 1.82) is 0 Å². The fraction of sp³-hybridized carbons (Fsp3) is 0.667. The number of allylic oxidation sites excluding steroid dienone is 2. The van der Waals surface area contributed by atoms with Crippen LogP contribution in [0.25, 0.3) is 0 Å². The third-order valence-electron chi connectivity index (χ3n) is 4.63. The molecule has 4 bridgehead atoms. The Labute approximate surface area is 93.6 Å². The van der Waals surface area contributed by atoms with Gasteiger partial charge >= 0.3 is 11.9 Å². The predicted octanol–water partition coefficient (Wildman–Crippen LogP) is 1.20. The third kappa shape index (κ3) is 0.761. The standard InChI is InChI=1S/C12H14O4/c1-15-9(13)11-3-7-5-12(11,10(14)16-2)6-8(7)4-11/h3-6H2,1-2H3. The number of carbonyl (C=O) groups excluding carboxylic acids is 2. The Kier molecular flexibility index (Phi) is 1.65. The maximum Gasteiger partial charge on any atom is 0.313 e. The first-order chi connectivity index (χ1) is 7.59. The van der Waals surface area contributed by atoms with Gasteiger partial charge in [0.1, 0.15) is 0 Å². The molecule has 4 aliphatic rings. The van der Waals surface area contributed by atoms with Crippen LogP contribution in [-0.2, 0) is 19.1 Å². The molecule has 4 rings (SSSR count). The van der Waals surface area contributed by atoms with Crippen molar-refractivity contribution in [3.63, 3.8) is 0 Å². The summed E-state index contributed by atoms with van der Waals surface area (Å²) < 4.78 is 9.80. The van der Waals surface area contributed by atoms with Crippen LogP contribution in [0.4, 0.5) is 0 Å². The van der Waals surface area contributed by atoms with Gasteiger partial charge in [-0.15, -0.1) is 0 Å². The second-order valence-corrected chi connectivity index (χ2v) is 5.06. The Morgan fingerprint density at radius 2 is 1.19 bits per heavy atom. The van der Waals surface area contributed by atoms with E-state index in [-0.39, 0.29) is 11.9 Å². The van der Waals surface area contributed by atoms with Crippen molar-refractivity contribution >= 4 is 11.9 Å². The monoisotopic (exact) mass is 222 g/mol. The van der Waals surface area contributed by atoms with Gasteiger partial charge in [0.25, 0.3) is 0 Å². The average molecular weight is 222 g/mol. The largest absolute Gasteiger partial charge is 0.469 e. The van der Waals surface area contributed by atoms with Crippen LogP contribution in [0.2, 0.25) is 0 Å². The molecule has 4 heteroatoms. The van der Waals surface area contributed by atoms with Crippen molar-refractivity contribution in [2.24, 2.45) is 10.8 Å². The van der Waals surface area contributed by atoms with E-state index in [1.54, 1.807) is 0 Å². The Bertz CT molecular complexity index is 376. The highest BCUT2D eigenvalue weighted by Crippen LogP contribution is 2.74. The summed E-state index contributed by atoms with van der Waals surface area (Å²) in [6, 6.07) is 0. The first-order valence-electron chi connectivity index (χ1n) is 5.46. The van der Waals surface area contributed by atoms with E-state index in [0.717, 1.165) is 0 Å². The lowest BCUT2D eigenvalue weighted by molar-refractivity contribution is -0.172. The third-order valence-corrected chi connectivity index (χ3v) is 4.63. The smallest absolute Gasteiger partial charge is 0.313 e. The fourth-order valence-electron chi connectivity index (χ4n) is 3.95. The molecule has 86 valence electrons. The van der Waals surface area contributed by atoms with E-state index in [9.17, 15) is 9.59 Å². The minimum atomic E-state index is -0.639. The zero-order chi connectivity index (χ0) is 11.6. The molecule has 0 unspecified atom stereocenters. The zero-order valence-electron chi connectivity index (χ0n) is 9.46. The van der Waals surface area contributed by atoms with Gasteiger partial charge in [0.2, 0.25) is 0 Å². The van der Waals surface area contributed by atoms with Gasteiger partial charge in [-0.25, -0.2) is 0 Å². The lowest BCUT2D eigenvalue weighted by Gasteiger charge is -2.34. The molecule has 0 N–H and O–H groups in total. The molecule has 0 heterocycles. The lowest BCUT2D eigenvalue weighted by atomic mass is 9.68. The quantitative estimate of drug-likeness (QED) is 0.520. The minimum Gasteiger partial charge on any atom is -0.469 e. The Morgan fingerprint density at radius 1 is 0.875 bits per heavy atom. The van der Waals surface area contributed by atoms with Gasteiger partial charge in [-0.05, 0) is 25.7 Å². The van der Waals surface area contributed by atoms with E-state index in [0.29, 0.717) is 25.7 Å². The van der Waals surface area contributed by atoms with Crippen molar-refractivity contribution in [2.45, 2.75) is 25.7 Å². The molecule has 16 heavy (non-hydrogen) atoms. The first kappa shape index (κ1) is 9.87. The topological polar surface area (TPSA) is 52.6 Å². The highest BCUT2D eigenvalue weighted by atomic mass is 16.5. The molecule has 0 amide bonds. The molecule has 4 aliphatic carbocycles. The molecule has 0 radical (unpaired) electrons. The fourth-order valence-corrected chi connectivity index (χ4v) is 3.95. The molecule has 2 saturated carbocycles. The van der Waals surface area contributed by atoms with Crippen LogP contribution < -0.4 is 0 Å². The van der Waals surface area contributed by atoms with Gasteiger partial charge in [0.05, 0.1) is 25.0 Å². The number of esters is 2. The van der Waals surface area contributed by atoms with Crippen molar-refractivity contribution in [3.05, 3.63) is 11.1 Å². The van der Waals surface area contributed by atoms with Gasteiger partial charge in [-0.3, -0.25) is 9.59 Å². The molecule has 0 aromatic carbocycles. The number of hydrogen-bond donors (Lipinski definition) is 0. The van der Waals surface area contributed by atoms with Gasteiger partial charge in [0.15, 0.2) is 0 Å². The van der Waals surface area contributed by atoms with Crippen molar-refractivity contribution in [2.75, 3.05) is 14.2 Å². The highest BCUT2D eigenvalue weighted by molar-refractivity contribution is 5.94. The van der Waals surface area contributed by atoms with Gasteiger partial charge in [-0.2, -0.15) is 0 Å². The molecular formula is C12H14O4. The van der Waals surface area contributed by atoms with Crippen molar-refractivity contribution in [1.82, 2.24) is 0 Å². The Balaban J connectivity index is 2.09. The molecule has 0 saturated heterocycles.